The van der Waals surface area contributed by atoms with Crippen molar-refractivity contribution < 1.29 is 0 Å². The van der Waals surface area contributed by atoms with Crippen molar-refractivity contribution in [3.05, 3.63) is 17.6 Å². The molecule has 4 heteroatoms. The number of hydrogen-bond acceptors (Lipinski definition) is 4. The third-order valence-electron chi connectivity index (χ3n) is 3.29. The number of nitrogens with one attached hydrogen (secondary N) is 1. The lowest BCUT2D eigenvalue weighted by Gasteiger charge is -2.33. The van der Waals surface area contributed by atoms with Crippen LogP contribution in [0.4, 0.5) is 5.82 Å². The largest absolute Gasteiger partial charge is 0.356 e. The molecule has 1 aromatic rings. The summed E-state index contributed by atoms with van der Waals surface area (Å²) < 4.78 is 0. The van der Waals surface area contributed by atoms with Crippen molar-refractivity contribution in [3.8, 4) is 0 Å². The van der Waals surface area contributed by atoms with Crippen LogP contribution in [0.5, 0.6) is 0 Å². The Morgan fingerprint density at radius 2 is 2.35 bits per heavy atom. The minimum absolute atomic E-state index is 0.765. The summed E-state index contributed by atoms with van der Waals surface area (Å²) in [5.74, 6) is 2.75. The summed E-state index contributed by atoms with van der Waals surface area (Å²) in [6.45, 7) is 7.35. The predicted molar refractivity (Wildman–Crippen MR) is 70.1 cm³/mol. The molecule has 17 heavy (non-hydrogen) atoms. The summed E-state index contributed by atoms with van der Waals surface area (Å²) in [5, 5.41) is 3.19. The maximum atomic E-state index is 4.62. The van der Waals surface area contributed by atoms with Crippen LogP contribution in [-0.2, 0) is 6.54 Å². The van der Waals surface area contributed by atoms with E-state index in [1.54, 1.807) is 0 Å². The highest BCUT2D eigenvalue weighted by Crippen LogP contribution is 2.24. The summed E-state index contributed by atoms with van der Waals surface area (Å²) in [6, 6.07) is 0. The highest BCUT2D eigenvalue weighted by atomic mass is 15.2. The van der Waals surface area contributed by atoms with Crippen LogP contribution in [0.1, 0.15) is 31.2 Å². The SMILES string of the molecule is CNCc1cnc(C)nc1N1CCCC(C)C1. The van der Waals surface area contributed by atoms with Crippen LogP contribution in [0.25, 0.3) is 0 Å². The van der Waals surface area contributed by atoms with Crippen LogP contribution in [0, 0.1) is 12.8 Å². The second-order valence-electron chi connectivity index (χ2n) is 4.99. The van der Waals surface area contributed by atoms with E-state index in [-0.39, 0.29) is 0 Å². The molecule has 1 aliphatic rings. The predicted octanol–water partition coefficient (Wildman–Crippen LogP) is 1.74. The molecule has 1 fully saturated rings. The van der Waals surface area contributed by atoms with Gasteiger partial charge in [0.05, 0.1) is 0 Å². The third kappa shape index (κ3) is 2.94. The molecule has 1 aromatic heterocycles. The zero-order chi connectivity index (χ0) is 12.3. The Labute approximate surface area is 103 Å². The van der Waals surface area contributed by atoms with Gasteiger partial charge in [-0.25, -0.2) is 9.97 Å². The Bertz CT molecular complexity index is 378. The summed E-state index contributed by atoms with van der Waals surface area (Å²) in [6.07, 6.45) is 4.55. The van der Waals surface area contributed by atoms with Gasteiger partial charge in [-0.15, -0.1) is 0 Å². The van der Waals surface area contributed by atoms with Gasteiger partial charge in [0.25, 0.3) is 0 Å². The fraction of sp³-hybridized carbons (Fsp3) is 0.692. The molecule has 0 aliphatic carbocycles. The molecule has 4 nitrogen and oxygen atoms in total. The fourth-order valence-corrected chi connectivity index (χ4v) is 2.45. The molecule has 0 radical (unpaired) electrons. The van der Waals surface area contributed by atoms with Crippen LogP contribution < -0.4 is 10.2 Å². The van der Waals surface area contributed by atoms with E-state index in [4.69, 9.17) is 0 Å². The first-order valence-corrected chi connectivity index (χ1v) is 6.42. The Hall–Kier alpha value is -1.16. The van der Waals surface area contributed by atoms with E-state index in [9.17, 15) is 0 Å². The van der Waals surface area contributed by atoms with E-state index >= 15 is 0 Å². The van der Waals surface area contributed by atoms with Gasteiger partial charge < -0.3 is 10.2 Å². The van der Waals surface area contributed by atoms with Crippen molar-refractivity contribution >= 4 is 5.82 Å². The number of rotatable bonds is 3. The van der Waals surface area contributed by atoms with E-state index in [1.807, 2.05) is 20.2 Å². The molecule has 2 heterocycles. The van der Waals surface area contributed by atoms with Gasteiger partial charge >= 0.3 is 0 Å². The fourth-order valence-electron chi connectivity index (χ4n) is 2.45. The van der Waals surface area contributed by atoms with E-state index in [0.717, 1.165) is 37.2 Å². The molecule has 0 amide bonds. The molecule has 1 atom stereocenters. The molecule has 2 rings (SSSR count). The normalized spacial score (nSPS) is 20.6. The molecule has 1 aliphatic heterocycles. The standard InChI is InChI=1S/C13H22N4/c1-10-5-4-6-17(9-10)13-12(7-14-3)8-15-11(2)16-13/h8,10,14H,4-7,9H2,1-3H3. The van der Waals surface area contributed by atoms with Gasteiger partial charge in [-0.1, -0.05) is 6.92 Å². The van der Waals surface area contributed by atoms with E-state index < -0.39 is 0 Å². The molecule has 94 valence electrons. The van der Waals surface area contributed by atoms with Crippen molar-refractivity contribution in [1.82, 2.24) is 15.3 Å². The molecular weight excluding hydrogens is 212 g/mol. The summed E-state index contributed by atoms with van der Waals surface area (Å²) in [5.41, 5.74) is 1.20. The molecule has 0 aromatic carbocycles. The molecule has 1 saturated heterocycles. The topological polar surface area (TPSA) is 41.1 Å². The van der Waals surface area contributed by atoms with Gasteiger partial charge in [0, 0.05) is 31.4 Å². The quantitative estimate of drug-likeness (QED) is 0.865. The first kappa shape index (κ1) is 12.3. The van der Waals surface area contributed by atoms with Crippen molar-refractivity contribution in [1.29, 1.82) is 0 Å². The second-order valence-corrected chi connectivity index (χ2v) is 4.99. The van der Waals surface area contributed by atoms with Crippen LogP contribution in [0.3, 0.4) is 0 Å². The summed E-state index contributed by atoms with van der Waals surface area (Å²) in [7, 11) is 1.96. The summed E-state index contributed by atoms with van der Waals surface area (Å²) >= 11 is 0. The van der Waals surface area contributed by atoms with Gasteiger partial charge in [-0.05, 0) is 32.7 Å². The molecule has 0 spiro atoms. The number of piperidine rings is 1. The van der Waals surface area contributed by atoms with Crippen molar-refractivity contribution in [2.75, 3.05) is 25.0 Å². The zero-order valence-electron chi connectivity index (χ0n) is 11.0. The first-order valence-electron chi connectivity index (χ1n) is 6.42. The molecular formula is C13H22N4. The molecule has 1 unspecified atom stereocenters. The second kappa shape index (κ2) is 5.45. The summed E-state index contributed by atoms with van der Waals surface area (Å²) in [4.78, 5) is 11.3. The van der Waals surface area contributed by atoms with Gasteiger partial charge in [0.2, 0.25) is 0 Å². The van der Waals surface area contributed by atoms with E-state index in [0.29, 0.717) is 0 Å². The Kier molecular flexibility index (Phi) is 3.94. The van der Waals surface area contributed by atoms with Crippen molar-refractivity contribution in [3.63, 3.8) is 0 Å². The van der Waals surface area contributed by atoms with Crippen molar-refractivity contribution in [2.45, 2.75) is 33.2 Å². The van der Waals surface area contributed by atoms with Gasteiger partial charge in [-0.2, -0.15) is 0 Å². The maximum Gasteiger partial charge on any atom is 0.136 e. The number of aryl methyl sites for hydroxylation is 1. The van der Waals surface area contributed by atoms with Crippen LogP contribution >= 0.6 is 0 Å². The van der Waals surface area contributed by atoms with E-state index in [1.165, 1.54) is 18.4 Å². The van der Waals surface area contributed by atoms with Crippen LogP contribution in [0.2, 0.25) is 0 Å². The first-order chi connectivity index (χ1) is 8.20. The number of aromatic nitrogens is 2. The molecule has 1 N–H and O–H groups in total. The average Bonchev–Trinajstić information content (AvgIpc) is 2.32. The number of hydrogen-bond donors (Lipinski definition) is 1. The highest BCUT2D eigenvalue weighted by molar-refractivity contribution is 5.46. The highest BCUT2D eigenvalue weighted by Gasteiger charge is 2.20. The lowest BCUT2D eigenvalue weighted by molar-refractivity contribution is 0.443. The van der Waals surface area contributed by atoms with Gasteiger partial charge in [0.1, 0.15) is 11.6 Å². The van der Waals surface area contributed by atoms with Gasteiger partial charge in [-0.3, -0.25) is 0 Å². The minimum Gasteiger partial charge on any atom is -0.356 e. The zero-order valence-corrected chi connectivity index (χ0v) is 11.0. The average molecular weight is 234 g/mol. The van der Waals surface area contributed by atoms with Crippen LogP contribution in [0.15, 0.2) is 6.20 Å². The third-order valence-corrected chi connectivity index (χ3v) is 3.29. The number of anilines is 1. The van der Waals surface area contributed by atoms with Crippen LogP contribution in [-0.4, -0.2) is 30.1 Å². The molecule has 0 bridgehead atoms. The maximum absolute atomic E-state index is 4.62. The Morgan fingerprint density at radius 3 is 3.06 bits per heavy atom. The Morgan fingerprint density at radius 1 is 1.53 bits per heavy atom. The van der Waals surface area contributed by atoms with E-state index in [2.05, 4.69) is 27.1 Å². The lowest BCUT2D eigenvalue weighted by atomic mass is 10.00. The monoisotopic (exact) mass is 234 g/mol. The molecule has 0 saturated carbocycles. The Balaban J connectivity index is 2.25. The smallest absolute Gasteiger partial charge is 0.136 e. The minimum atomic E-state index is 0.765. The number of nitrogens with zero attached hydrogens (tertiary/aromatic N) is 3. The van der Waals surface area contributed by atoms with Crippen molar-refractivity contribution in [2.24, 2.45) is 5.92 Å². The lowest BCUT2D eigenvalue weighted by Crippen LogP contribution is -2.36. The van der Waals surface area contributed by atoms with Gasteiger partial charge in [0.15, 0.2) is 0 Å².